The van der Waals surface area contributed by atoms with E-state index in [1.165, 1.54) is 6.92 Å². The van der Waals surface area contributed by atoms with E-state index >= 15 is 4.39 Å². The largest absolute Gasteiger partial charge is 0.497 e. The van der Waals surface area contributed by atoms with E-state index < -0.39 is 70.3 Å². The summed E-state index contributed by atoms with van der Waals surface area (Å²) in [6.45, 7) is 8.07. The monoisotopic (exact) mass is 584 g/mol. The molecule has 224 valence electrons. The molecule has 0 amide bonds. The number of halogens is 2. The fourth-order valence-corrected chi connectivity index (χ4v) is 8.83. The fraction of sp³-hybridized carbons (Fsp3) is 0.767. The van der Waals surface area contributed by atoms with Crippen molar-refractivity contribution in [1.29, 1.82) is 0 Å². The van der Waals surface area contributed by atoms with Crippen molar-refractivity contribution in [3.05, 3.63) is 23.0 Å². The van der Waals surface area contributed by atoms with Crippen LogP contribution in [0.5, 0.6) is 0 Å². The quantitative estimate of drug-likeness (QED) is 0.263. The average Bonchev–Trinajstić information content (AvgIpc) is 3.27. The Morgan fingerprint density at radius 3 is 2.58 bits per heavy atom. The molecule has 0 bridgehead atoms. The van der Waals surface area contributed by atoms with E-state index in [9.17, 15) is 19.5 Å². The number of alkyl halides is 2. The minimum Gasteiger partial charge on any atom is -0.497 e. The predicted octanol–water partition coefficient (Wildman–Crippen LogP) is 4.60. The van der Waals surface area contributed by atoms with Crippen molar-refractivity contribution in [2.45, 2.75) is 103 Å². The molecule has 0 aromatic carbocycles. The topological polar surface area (TPSA) is 108 Å². The van der Waals surface area contributed by atoms with Crippen LogP contribution < -0.4 is 0 Å². The normalized spacial score (nSPS) is 42.9. The van der Waals surface area contributed by atoms with Gasteiger partial charge in [-0.2, -0.15) is 0 Å². The third-order valence-corrected chi connectivity index (χ3v) is 10.4. The highest BCUT2D eigenvalue weighted by molar-refractivity contribution is 6.18. The molecule has 1 saturated heterocycles. The average molecular weight is 585 g/mol. The van der Waals surface area contributed by atoms with Gasteiger partial charge in [0.25, 0.3) is 0 Å². The van der Waals surface area contributed by atoms with Crippen LogP contribution in [0.2, 0.25) is 0 Å². The van der Waals surface area contributed by atoms with Gasteiger partial charge in [0.15, 0.2) is 18.0 Å². The SMILES string of the molecule is C.CC(=O)OCC(=O)[C@@]12OC(C)(C)O[C@@H]1CC1C3CC(C=O)=C4C=C(OCCCl)CCC4(C)[C@@]3(F)C(O)CC12C. The molecule has 1 heterocycles. The van der Waals surface area contributed by atoms with Crippen LogP contribution in [-0.2, 0) is 33.3 Å². The number of ketones is 1. The number of allylic oxidation sites excluding steroid dienone is 4. The number of carbonyl (C=O) groups excluding carboxylic acids is 3. The summed E-state index contributed by atoms with van der Waals surface area (Å²) >= 11 is 5.78. The Hall–Kier alpha value is -1.81. The van der Waals surface area contributed by atoms with Crippen LogP contribution in [0, 0.1) is 22.7 Å². The van der Waals surface area contributed by atoms with Gasteiger partial charge in [-0.3, -0.25) is 14.4 Å². The first-order valence-electron chi connectivity index (χ1n) is 13.7. The van der Waals surface area contributed by atoms with Crippen molar-refractivity contribution in [1.82, 2.24) is 0 Å². The number of hydrogen-bond donors (Lipinski definition) is 1. The second-order valence-electron chi connectivity index (χ2n) is 12.6. The molecule has 0 radical (unpaired) electrons. The van der Waals surface area contributed by atoms with Crippen molar-refractivity contribution in [2.24, 2.45) is 22.7 Å². The second kappa shape index (κ2) is 10.2. The Balaban J connectivity index is 0.00000370. The molecule has 40 heavy (non-hydrogen) atoms. The van der Waals surface area contributed by atoms with Gasteiger partial charge in [-0.1, -0.05) is 21.3 Å². The maximum atomic E-state index is 17.8. The Kier molecular flexibility index (Phi) is 7.92. The highest BCUT2D eigenvalue weighted by Gasteiger charge is 2.80. The van der Waals surface area contributed by atoms with Gasteiger partial charge in [0.1, 0.15) is 18.6 Å². The van der Waals surface area contributed by atoms with E-state index in [-0.39, 0.29) is 20.3 Å². The number of esters is 1. The van der Waals surface area contributed by atoms with Crippen molar-refractivity contribution in [2.75, 3.05) is 19.1 Å². The lowest BCUT2D eigenvalue weighted by molar-refractivity contribution is -0.248. The first-order chi connectivity index (χ1) is 18.2. The number of aliphatic hydroxyl groups is 1. The molecule has 5 unspecified atom stereocenters. The molecule has 3 fully saturated rings. The van der Waals surface area contributed by atoms with Crippen molar-refractivity contribution in [3.8, 4) is 0 Å². The third-order valence-electron chi connectivity index (χ3n) is 10.3. The van der Waals surface area contributed by atoms with Crippen molar-refractivity contribution < 1.29 is 42.8 Å². The number of carbonyl (C=O) groups is 3. The zero-order valence-electron chi connectivity index (χ0n) is 23.2. The van der Waals surface area contributed by atoms with Crippen LogP contribution in [0.15, 0.2) is 23.0 Å². The number of hydrogen-bond acceptors (Lipinski definition) is 8. The maximum Gasteiger partial charge on any atom is 0.303 e. The number of fused-ring (bicyclic) bond motifs is 7. The summed E-state index contributed by atoms with van der Waals surface area (Å²) in [7, 11) is 0. The molecule has 4 aliphatic carbocycles. The Bertz CT molecular complexity index is 1150. The summed E-state index contributed by atoms with van der Waals surface area (Å²) in [5.74, 6) is -2.43. The van der Waals surface area contributed by atoms with Crippen LogP contribution in [0.4, 0.5) is 4.39 Å². The first-order valence-corrected chi connectivity index (χ1v) is 14.2. The molecule has 10 heteroatoms. The van der Waals surface area contributed by atoms with Crippen LogP contribution in [0.25, 0.3) is 0 Å². The van der Waals surface area contributed by atoms with E-state index in [2.05, 4.69) is 0 Å². The summed E-state index contributed by atoms with van der Waals surface area (Å²) in [5.41, 5.74) is -4.76. The summed E-state index contributed by atoms with van der Waals surface area (Å²) in [6, 6.07) is 0. The predicted molar refractivity (Wildman–Crippen MR) is 145 cm³/mol. The molecular formula is C30H42ClFO8. The van der Waals surface area contributed by atoms with Crippen molar-refractivity contribution in [3.63, 3.8) is 0 Å². The minimum atomic E-state index is -2.07. The van der Waals surface area contributed by atoms with Crippen LogP contribution >= 0.6 is 11.6 Å². The van der Waals surface area contributed by atoms with E-state index in [0.717, 1.165) is 6.29 Å². The smallest absolute Gasteiger partial charge is 0.303 e. The zero-order valence-corrected chi connectivity index (χ0v) is 23.9. The van der Waals surface area contributed by atoms with Gasteiger partial charge in [-0.05, 0) is 62.7 Å². The number of aldehydes is 1. The van der Waals surface area contributed by atoms with Gasteiger partial charge in [-0.25, -0.2) is 4.39 Å². The second-order valence-corrected chi connectivity index (χ2v) is 13.0. The fourth-order valence-electron chi connectivity index (χ4n) is 8.75. The first kappa shape index (κ1) is 31.1. The molecule has 0 spiro atoms. The number of Topliss-reactive ketones (excluding diaryl/α,β-unsaturated/α-hetero) is 1. The molecule has 1 N–H and O–H groups in total. The Labute approximate surface area is 240 Å². The van der Waals surface area contributed by atoms with Gasteiger partial charge in [-0.15, -0.1) is 11.6 Å². The molecule has 1 aliphatic heterocycles. The Morgan fingerprint density at radius 2 is 1.95 bits per heavy atom. The molecule has 0 aromatic rings. The number of ether oxygens (including phenoxy) is 4. The van der Waals surface area contributed by atoms with E-state index in [1.807, 2.05) is 6.92 Å². The van der Waals surface area contributed by atoms with Crippen molar-refractivity contribution >= 4 is 29.6 Å². The Morgan fingerprint density at radius 1 is 1.25 bits per heavy atom. The van der Waals surface area contributed by atoms with Crippen LogP contribution in [0.3, 0.4) is 0 Å². The molecule has 0 aromatic heterocycles. The lowest BCUT2D eigenvalue weighted by Gasteiger charge is -2.63. The standard InChI is InChI=1S/C29H38ClFO8.CH4/c1-16(33)37-15-23(35)29-24(38-25(2,3)39-29)12-20-21-10-17(14-32)19-11-18(36-9-8-30)6-7-26(19,4)28(21,31)22(34)13-27(20,29)5;/h11,14,20-22,24,34H,6-10,12-13,15H2,1-5H3;1H4/t20?,21?,22?,24-,26?,27?,28+,29-;/m1./s1. The molecule has 2 saturated carbocycles. The third kappa shape index (κ3) is 4.05. The van der Waals surface area contributed by atoms with Gasteiger partial charge in [0, 0.05) is 30.1 Å². The lowest BCUT2D eigenvalue weighted by atomic mass is 9.44. The number of rotatable bonds is 7. The summed E-state index contributed by atoms with van der Waals surface area (Å²) < 4.78 is 41.3. The van der Waals surface area contributed by atoms with Gasteiger partial charge >= 0.3 is 5.97 Å². The molecular weight excluding hydrogens is 543 g/mol. The summed E-state index contributed by atoms with van der Waals surface area (Å²) in [5, 5.41) is 11.8. The van der Waals surface area contributed by atoms with Crippen LogP contribution in [-0.4, -0.2) is 71.5 Å². The molecule has 8 nitrogen and oxygen atoms in total. The van der Waals surface area contributed by atoms with Crippen LogP contribution in [0.1, 0.15) is 74.1 Å². The van der Waals surface area contributed by atoms with Gasteiger partial charge in [0.2, 0.25) is 5.78 Å². The van der Waals surface area contributed by atoms with E-state index in [1.54, 1.807) is 26.8 Å². The number of aliphatic hydroxyl groups excluding tert-OH is 1. The van der Waals surface area contributed by atoms with E-state index in [0.29, 0.717) is 48.7 Å². The van der Waals surface area contributed by atoms with Gasteiger partial charge in [0.05, 0.1) is 23.8 Å². The highest BCUT2D eigenvalue weighted by atomic mass is 35.5. The summed E-state index contributed by atoms with van der Waals surface area (Å²) in [4.78, 5) is 37.8. The molecule has 5 aliphatic rings. The highest BCUT2D eigenvalue weighted by Crippen LogP contribution is 2.72. The maximum absolute atomic E-state index is 17.8. The van der Waals surface area contributed by atoms with Gasteiger partial charge < -0.3 is 24.1 Å². The van der Waals surface area contributed by atoms with E-state index in [4.69, 9.17) is 30.5 Å². The minimum absolute atomic E-state index is 0. The molecule has 5 rings (SSSR count). The lowest BCUT2D eigenvalue weighted by Crippen LogP contribution is -2.70. The molecule has 8 atom stereocenters. The zero-order chi connectivity index (χ0) is 28.6. The summed E-state index contributed by atoms with van der Waals surface area (Å²) in [6.07, 6.45) is 1.52.